The van der Waals surface area contributed by atoms with Crippen LogP contribution in [0.25, 0.3) is 0 Å². The van der Waals surface area contributed by atoms with Crippen molar-refractivity contribution in [3.63, 3.8) is 0 Å². The fraction of sp³-hybridized carbons (Fsp3) is 0.529. The first-order valence-electron chi connectivity index (χ1n) is 8.12. The van der Waals surface area contributed by atoms with Gasteiger partial charge in [0.2, 0.25) is 5.91 Å². The lowest BCUT2D eigenvalue weighted by atomic mass is 9.89. The third kappa shape index (κ3) is 4.41. The maximum Gasteiger partial charge on any atom is 0.471 e. The van der Waals surface area contributed by atoms with E-state index < -0.39 is 35.5 Å². The maximum absolute atomic E-state index is 12.7. The van der Waals surface area contributed by atoms with Gasteiger partial charge in [-0.2, -0.15) is 13.2 Å². The summed E-state index contributed by atoms with van der Waals surface area (Å²) in [6, 6.07) is 5.01. The number of hydrogen-bond acceptors (Lipinski definition) is 3. The number of nitrogens with one attached hydrogen (secondary N) is 1. The number of rotatable bonds is 4. The van der Waals surface area contributed by atoms with Gasteiger partial charge in [-0.05, 0) is 25.8 Å². The zero-order chi connectivity index (χ0) is 19.5. The average Bonchev–Trinajstić information content (AvgIpc) is 2.60. The Morgan fingerprint density at radius 2 is 2.00 bits per heavy atom. The number of piperidine rings is 1. The minimum atomic E-state index is -5.00. The molecule has 1 aliphatic heterocycles. The van der Waals surface area contributed by atoms with Crippen LogP contribution < -0.4 is 10.1 Å². The molecule has 1 unspecified atom stereocenters. The molecule has 2 amide bonds. The number of alkyl halides is 4. The number of ether oxygens (including phenoxy) is 1. The number of benzene rings is 1. The van der Waals surface area contributed by atoms with E-state index in [0.717, 1.165) is 0 Å². The van der Waals surface area contributed by atoms with Crippen LogP contribution in [0.4, 0.5) is 13.2 Å². The number of nitrogens with zero attached hydrogens (tertiary/aromatic N) is 1. The van der Waals surface area contributed by atoms with Crippen molar-refractivity contribution in [3.8, 4) is 5.75 Å². The molecule has 1 saturated heterocycles. The molecule has 1 aromatic carbocycles. The number of carbonyl (C=O) groups excluding carboxylic acids is 2. The van der Waals surface area contributed by atoms with Crippen molar-refractivity contribution in [2.75, 3.05) is 13.7 Å². The summed E-state index contributed by atoms with van der Waals surface area (Å²) in [6.07, 6.45) is -4.26. The van der Waals surface area contributed by atoms with E-state index in [-0.39, 0.29) is 0 Å². The molecule has 5 nitrogen and oxygen atoms in total. The highest BCUT2D eigenvalue weighted by Gasteiger charge is 2.44. The monoisotopic (exact) mass is 392 g/mol. The Kier molecular flexibility index (Phi) is 6.39. The molecule has 144 valence electrons. The van der Waals surface area contributed by atoms with Crippen molar-refractivity contribution in [3.05, 3.63) is 29.8 Å². The number of hydrogen-bond donors (Lipinski definition) is 1. The van der Waals surface area contributed by atoms with E-state index in [1.807, 2.05) is 5.32 Å². The van der Waals surface area contributed by atoms with E-state index in [4.69, 9.17) is 16.3 Å². The van der Waals surface area contributed by atoms with Crippen molar-refractivity contribution >= 4 is 23.4 Å². The van der Waals surface area contributed by atoms with E-state index >= 15 is 0 Å². The Morgan fingerprint density at radius 3 is 2.58 bits per heavy atom. The van der Waals surface area contributed by atoms with E-state index in [2.05, 4.69) is 0 Å². The quantitative estimate of drug-likeness (QED) is 0.801. The lowest BCUT2D eigenvalue weighted by Crippen LogP contribution is -2.55. The molecule has 2 rings (SSSR count). The molecule has 1 aliphatic rings. The number of amides is 2. The summed E-state index contributed by atoms with van der Waals surface area (Å²) >= 11 is 5.92. The van der Waals surface area contributed by atoms with Gasteiger partial charge in [-0.3, -0.25) is 9.59 Å². The SMILES string of the molecule is COc1ccccc1[C@@H]1[C@H](NC(=O)C(F)(F)F)CCCN1C(=O)C(C)Cl. The van der Waals surface area contributed by atoms with Gasteiger partial charge in [-0.15, -0.1) is 11.6 Å². The fourth-order valence-electron chi connectivity index (χ4n) is 3.17. The van der Waals surface area contributed by atoms with Crippen LogP contribution in [-0.4, -0.2) is 48.0 Å². The Morgan fingerprint density at radius 1 is 1.35 bits per heavy atom. The van der Waals surface area contributed by atoms with Gasteiger partial charge in [0.15, 0.2) is 0 Å². The highest BCUT2D eigenvalue weighted by Crippen LogP contribution is 2.37. The number of methoxy groups -OCH3 is 1. The van der Waals surface area contributed by atoms with Crippen molar-refractivity contribution in [2.24, 2.45) is 0 Å². The van der Waals surface area contributed by atoms with Gasteiger partial charge in [0.1, 0.15) is 11.1 Å². The van der Waals surface area contributed by atoms with Crippen molar-refractivity contribution in [2.45, 2.75) is 43.4 Å². The highest BCUT2D eigenvalue weighted by atomic mass is 35.5. The smallest absolute Gasteiger partial charge is 0.471 e. The lowest BCUT2D eigenvalue weighted by Gasteiger charge is -2.42. The lowest BCUT2D eigenvalue weighted by molar-refractivity contribution is -0.175. The fourth-order valence-corrected chi connectivity index (χ4v) is 3.29. The summed E-state index contributed by atoms with van der Waals surface area (Å²) in [7, 11) is 1.43. The number of para-hydroxylation sites is 1. The van der Waals surface area contributed by atoms with Gasteiger partial charge in [0.05, 0.1) is 19.2 Å². The summed E-state index contributed by atoms with van der Waals surface area (Å²) < 4.78 is 43.5. The van der Waals surface area contributed by atoms with E-state index in [1.54, 1.807) is 24.3 Å². The molecule has 0 aromatic heterocycles. The van der Waals surface area contributed by atoms with Gasteiger partial charge >= 0.3 is 12.1 Å². The largest absolute Gasteiger partial charge is 0.496 e. The summed E-state index contributed by atoms with van der Waals surface area (Å²) in [5, 5.41) is 1.18. The topological polar surface area (TPSA) is 58.6 Å². The Labute approximate surface area is 154 Å². The molecule has 0 bridgehead atoms. The van der Waals surface area contributed by atoms with Crippen LogP contribution in [0, 0.1) is 0 Å². The number of likely N-dealkylation sites (tertiary alicyclic amines) is 1. The van der Waals surface area contributed by atoms with E-state index in [0.29, 0.717) is 30.7 Å². The first-order valence-corrected chi connectivity index (χ1v) is 8.55. The van der Waals surface area contributed by atoms with Gasteiger partial charge in [-0.25, -0.2) is 0 Å². The molecular weight excluding hydrogens is 373 g/mol. The van der Waals surface area contributed by atoms with Crippen molar-refractivity contribution in [1.29, 1.82) is 0 Å². The van der Waals surface area contributed by atoms with Crippen LogP contribution in [0.5, 0.6) is 5.75 Å². The van der Waals surface area contributed by atoms with Gasteiger partial charge in [0, 0.05) is 12.1 Å². The van der Waals surface area contributed by atoms with Crippen LogP contribution in [0.15, 0.2) is 24.3 Å². The molecule has 1 heterocycles. The normalized spacial score (nSPS) is 21.8. The highest BCUT2D eigenvalue weighted by molar-refractivity contribution is 6.30. The predicted octanol–water partition coefficient (Wildman–Crippen LogP) is 3.03. The molecule has 9 heteroatoms. The van der Waals surface area contributed by atoms with Gasteiger partial charge in [-0.1, -0.05) is 18.2 Å². The Hall–Kier alpha value is -1.96. The van der Waals surface area contributed by atoms with Crippen LogP contribution in [0.3, 0.4) is 0 Å². The van der Waals surface area contributed by atoms with E-state index in [1.165, 1.54) is 18.9 Å². The van der Waals surface area contributed by atoms with E-state index in [9.17, 15) is 22.8 Å². The first kappa shape index (κ1) is 20.4. The van der Waals surface area contributed by atoms with Crippen LogP contribution in [0.2, 0.25) is 0 Å². The van der Waals surface area contributed by atoms with Crippen LogP contribution in [0.1, 0.15) is 31.4 Å². The summed E-state index contributed by atoms with van der Waals surface area (Å²) in [5.41, 5.74) is 0.521. The standard InChI is InChI=1S/C17H20ClF3N2O3/c1-10(18)15(24)23-9-5-7-12(22-16(25)17(19,20)21)14(23)11-6-3-4-8-13(11)26-2/h3-4,6,8,10,12,14H,5,7,9H2,1-2H3,(H,22,25)/t10?,12-,14-/m1/s1. The molecule has 0 saturated carbocycles. The van der Waals surface area contributed by atoms with Gasteiger partial charge in [0.25, 0.3) is 0 Å². The second-order valence-electron chi connectivity index (χ2n) is 6.05. The summed E-state index contributed by atoms with van der Waals surface area (Å²) in [6.45, 7) is 1.83. The molecule has 1 fully saturated rings. The van der Waals surface area contributed by atoms with Crippen LogP contribution in [-0.2, 0) is 9.59 Å². The van der Waals surface area contributed by atoms with Crippen molar-refractivity contribution in [1.82, 2.24) is 10.2 Å². The zero-order valence-corrected chi connectivity index (χ0v) is 15.1. The maximum atomic E-state index is 12.7. The minimum Gasteiger partial charge on any atom is -0.496 e. The van der Waals surface area contributed by atoms with Crippen LogP contribution >= 0.6 is 11.6 Å². The molecule has 0 radical (unpaired) electrons. The second-order valence-corrected chi connectivity index (χ2v) is 6.71. The molecule has 1 aromatic rings. The molecule has 26 heavy (non-hydrogen) atoms. The number of carbonyl (C=O) groups is 2. The summed E-state index contributed by atoms with van der Waals surface area (Å²) in [5.74, 6) is -2.02. The first-order chi connectivity index (χ1) is 12.2. The van der Waals surface area contributed by atoms with Gasteiger partial charge < -0.3 is 15.0 Å². The molecular formula is C17H20ClF3N2O3. The molecule has 0 spiro atoms. The third-order valence-corrected chi connectivity index (χ3v) is 4.47. The second kappa shape index (κ2) is 8.16. The molecule has 0 aliphatic carbocycles. The molecule has 3 atom stereocenters. The predicted molar refractivity (Wildman–Crippen MR) is 90.0 cm³/mol. The number of halogens is 4. The molecule has 1 N–H and O–H groups in total. The minimum absolute atomic E-state index is 0.297. The average molecular weight is 393 g/mol. The van der Waals surface area contributed by atoms with Crippen molar-refractivity contribution < 1.29 is 27.5 Å². The Bertz CT molecular complexity index is 667. The Balaban J connectivity index is 2.45. The third-order valence-electron chi connectivity index (χ3n) is 4.29. The summed E-state index contributed by atoms with van der Waals surface area (Å²) in [4.78, 5) is 25.4. The zero-order valence-electron chi connectivity index (χ0n) is 14.3.